The number of fused-ring (bicyclic) bond motifs is 1. The van der Waals surface area contributed by atoms with Crippen LogP contribution in [0.25, 0.3) is 16.3 Å². The highest BCUT2D eigenvalue weighted by atomic mass is 127. The van der Waals surface area contributed by atoms with Gasteiger partial charge < -0.3 is 4.42 Å². The van der Waals surface area contributed by atoms with Gasteiger partial charge in [0.1, 0.15) is 10.1 Å². The van der Waals surface area contributed by atoms with Crippen molar-refractivity contribution < 1.29 is 9.21 Å². The van der Waals surface area contributed by atoms with E-state index >= 15 is 0 Å². The Balaban J connectivity index is 1.95. The Kier molecular flexibility index (Phi) is 5.39. The lowest BCUT2D eigenvalue weighted by Crippen LogP contribution is -2.32. The zero-order valence-electron chi connectivity index (χ0n) is 14.5. The van der Waals surface area contributed by atoms with E-state index in [9.17, 15) is 4.79 Å². The maximum atomic E-state index is 13.2. The van der Waals surface area contributed by atoms with Crippen molar-refractivity contribution >= 4 is 73.1 Å². The lowest BCUT2D eigenvalue weighted by molar-refractivity contribution is -0.122. The molecule has 0 saturated carbocycles. The molecule has 1 unspecified atom stereocenters. The van der Waals surface area contributed by atoms with Gasteiger partial charge in [-0.25, -0.2) is 0 Å². The zero-order chi connectivity index (χ0) is 19.0. The number of alkyl halides is 1. The molecule has 3 nitrogen and oxygen atoms in total. The van der Waals surface area contributed by atoms with Crippen LogP contribution in [0.15, 0.2) is 70.2 Å². The largest absolute Gasteiger partial charge is 0.464 e. The van der Waals surface area contributed by atoms with E-state index in [1.807, 2.05) is 36.4 Å². The summed E-state index contributed by atoms with van der Waals surface area (Å²) >= 11 is 9.18. The summed E-state index contributed by atoms with van der Waals surface area (Å²) in [5, 5.41) is 2.20. The molecule has 1 saturated heterocycles. The van der Waals surface area contributed by atoms with Gasteiger partial charge in [0, 0.05) is 16.0 Å². The molecule has 6 heteroatoms. The summed E-state index contributed by atoms with van der Waals surface area (Å²) in [4.78, 5) is 15.5. The van der Waals surface area contributed by atoms with Crippen LogP contribution in [0.5, 0.6) is 0 Å². The Hall–Kier alpha value is -1.64. The van der Waals surface area contributed by atoms with E-state index in [1.54, 1.807) is 11.2 Å². The first-order chi connectivity index (χ1) is 13.1. The summed E-state index contributed by atoms with van der Waals surface area (Å²) in [5.74, 6) is 0.627. The predicted molar refractivity (Wildman–Crippen MR) is 124 cm³/mol. The number of furan rings is 1. The topological polar surface area (TPSA) is 33.5 Å². The first-order valence-electron chi connectivity index (χ1n) is 8.50. The summed E-state index contributed by atoms with van der Waals surface area (Å²) < 4.78 is 6.64. The molecule has 2 heterocycles. The smallest absolute Gasteiger partial charge is 0.266 e. The molecule has 0 spiro atoms. The predicted octanol–water partition coefficient (Wildman–Crippen LogP) is 5.88. The van der Waals surface area contributed by atoms with Gasteiger partial charge in [-0.3, -0.25) is 9.69 Å². The van der Waals surface area contributed by atoms with Crippen LogP contribution >= 0.6 is 46.6 Å². The number of carbonyl (C=O) groups is 1. The highest BCUT2D eigenvalue weighted by Crippen LogP contribution is 2.42. The van der Waals surface area contributed by atoms with Crippen molar-refractivity contribution in [3.8, 4) is 0 Å². The molecule has 1 aliphatic rings. The van der Waals surface area contributed by atoms with Crippen molar-refractivity contribution in [1.82, 2.24) is 4.90 Å². The van der Waals surface area contributed by atoms with Gasteiger partial charge >= 0.3 is 0 Å². The van der Waals surface area contributed by atoms with Gasteiger partial charge in [0.05, 0.1) is 11.2 Å². The number of amides is 1. The standard InChI is InChI=1S/C21H16INO2S2/c1-13(22)12-23-20(24)19(27-21(23)26)18(17-10-5-11-25-17)16-9-4-7-14-6-2-3-8-15(14)16/h2-11,13H,12H2,1H3/b19-18+. The van der Waals surface area contributed by atoms with Crippen molar-refractivity contribution in [1.29, 1.82) is 0 Å². The molecule has 0 aliphatic carbocycles. The fraction of sp³-hybridized carbons (Fsp3) is 0.143. The molecule has 1 atom stereocenters. The lowest BCUT2D eigenvalue weighted by atomic mass is 9.96. The fourth-order valence-corrected chi connectivity index (χ4v) is 4.94. The molecule has 27 heavy (non-hydrogen) atoms. The van der Waals surface area contributed by atoms with E-state index in [2.05, 4.69) is 47.7 Å². The minimum absolute atomic E-state index is 0.0483. The van der Waals surface area contributed by atoms with Gasteiger partial charge in [0.25, 0.3) is 5.91 Å². The van der Waals surface area contributed by atoms with Gasteiger partial charge in [-0.15, -0.1) is 0 Å². The second-order valence-electron chi connectivity index (χ2n) is 6.27. The van der Waals surface area contributed by atoms with Crippen LogP contribution in [0.2, 0.25) is 0 Å². The third-order valence-corrected chi connectivity index (χ3v) is 6.18. The Labute approximate surface area is 180 Å². The van der Waals surface area contributed by atoms with Crippen LogP contribution in [0.3, 0.4) is 0 Å². The quantitative estimate of drug-likeness (QED) is 0.192. The monoisotopic (exact) mass is 505 g/mol. The Morgan fingerprint density at radius 2 is 1.96 bits per heavy atom. The van der Waals surface area contributed by atoms with Gasteiger partial charge in [-0.2, -0.15) is 0 Å². The van der Waals surface area contributed by atoms with Crippen LogP contribution in [0, 0.1) is 0 Å². The molecule has 1 fully saturated rings. The molecule has 0 bridgehead atoms. The molecule has 1 aliphatic heterocycles. The first kappa shape index (κ1) is 18.7. The fourth-order valence-electron chi connectivity index (χ4n) is 3.19. The molecule has 3 aromatic rings. The number of halogens is 1. The average molecular weight is 505 g/mol. The minimum atomic E-state index is -0.0483. The summed E-state index contributed by atoms with van der Waals surface area (Å²) in [6, 6.07) is 18.0. The lowest BCUT2D eigenvalue weighted by Gasteiger charge is -2.16. The number of nitrogens with zero attached hydrogens (tertiary/aromatic N) is 1. The van der Waals surface area contributed by atoms with Crippen molar-refractivity contribution in [2.24, 2.45) is 0 Å². The Morgan fingerprint density at radius 3 is 2.70 bits per heavy atom. The highest BCUT2D eigenvalue weighted by Gasteiger charge is 2.36. The van der Waals surface area contributed by atoms with Crippen molar-refractivity contribution in [3.63, 3.8) is 0 Å². The van der Waals surface area contributed by atoms with Crippen molar-refractivity contribution in [3.05, 3.63) is 77.1 Å². The zero-order valence-corrected chi connectivity index (χ0v) is 18.3. The van der Waals surface area contributed by atoms with E-state index in [1.165, 1.54) is 11.8 Å². The second kappa shape index (κ2) is 7.77. The number of thiocarbonyl (C=S) groups is 1. The molecule has 1 aromatic heterocycles. The Morgan fingerprint density at radius 1 is 1.19 bits per heavy atom. The SMILES string of the molecule is CC(I)CN1C(=O)/C(=C(\c2ccco2)c2cccc3ccccc23)SC1=S. The Bertz CT molecular complexity index is 1050. The van der Waals surface area contributed by atoms with Crippen LogP contribution < -0.4 is 0 Å². The molecule has 136 valence electrons. The number of thioether (sulfide) groups is 1. The molecule has 4 rings (SSSR count). The van der Waals surface area contributed by atoms with Crippen LogP contribution in [0.1, 0.15) is 18.2 Å². The highest BCUT2D eigenvalue weighted by molar-refractivity contribution is 14.1. The van der Waals surface area contributed by atoms with Crippen molar-refractivity contribution in [2.45, 2.75) is 10.8 Å². The van der Waals surface area contributed by atoms with Gasteiger partial charge in [-0.1, -0.05) is 96.0 Å². The summed E-state index contributed by atoms with van der Waals surface area (Å²) in [5.41, 5.74) is 1.78. The molecule has 0 N–H and O–H groups in total. The van der Waals surface area contributed by atoms with Crippen LogP contribution in [0.4, 0.5) is 0 Å². The normalized spacial score (nSPS) is 17.6. The molecular weight excluding hydrogens is 489 g/mol. The van der Waals surface area contributed by atoms with Gasteiger partial charge in [-0.05, 0) is 28.5 Å². The average Bonchev–Trinajstić information content (AvgIpc) is 3.27. The molecule has 2 aromatic carbocycles. The number of rotatable bonds is 4. The van der Waals surface area contributed by atoms with Crippen molar-refractivity contribution in [2.75, 3.05) is 6.54 Å². The summed E-state index contributed by atoms with van der Waals surface area (Å²) in [6.45, 7) is 2.68. The minimum Gasteiger partial charge on any atom is -0.464 e. The number of carbonyl (C=O) groups excluding carboxylic acids is 1. The number of hydrogen-bond acceptors (Lipinski definition) is 4. The third-order valence-electron chi connectivity index (χ3n) is 4.34. The first-order valence-corrected chi connectivity index (χ1v) is 11.0. The van der Waals surface area contributed by atoms with E-state index in [0.29, 0.717) is 25.5 Å². The van der Waals surface area contributed by atoms with Crippen LogP contribution in [-0.4, -0.2) is 25.6 Å². The molecular formula is C21H16INO2S2. The number of hydrogen-bond donors (Lipinski definition) is 0. The van der Waals surface area contributed by atoms with E-state index in [-0.39, 0.29) is 5.91 Å². The number of benzene rings is 2. The van der Waals surface area contributed by atoms with E-state index in [4.69, 9.17) is 16.6 Å². The summed E-state index contributed by atoms with van der Waals surface area (Å²) in [6.07, 6.45) is 1.63. The van der Waals surface area contributed by atoms with E-state index in [0.717, 1.165) is 21.9 Å². The van der Waals surface area contributed by atoms with Crippen LogP contribution in [-0.2, 0) is 4.79 Å². The maximum Gasteiger partial charge on any atom is 0.266 e. The third kappa shape index (κ3) is 3.58. The molecule has 1 amide bonds. The van der Waals surface area contributed by atoms with Gasteiger partial charge in [0.15, 0.2) is 0 Å². The second-order valence-corrected chi connectivity index (χ2v) is 10.0. The molecule has 0 radical (unpaired) electrons. The van der Waals surface area contributed by atoms with Gasteiger partial charge in [0.2, 0.25) is 0 Å². The van der Waals surface area contributed by atoms with E-state index < -0.39 is 0 Å². The summed E-state index contributed by atoms with van der Waals surface area (Å²) in [7, 11) is 0. The maximum absolute atomic E-state index is 13.2.